The van der Waals surface area contributed by atoms with Crippen molar-refractivity contribution >= 4 is 29.2 Å². The largest absolute Gasteiger partial charge is 0.465 e. The molecule has 0 saturated heterocycles. The van der Waals surface area contributed by atoms with E-state index in [2.05, 4.69) is 25.8 Å². The number of nitrogen functional groups attached to an aromatic ring is 1. The van der Waals surface area contributed by atoms with Gasteiger partial charge in [-0.3, -0.25) is 9.59 Å². The van der Waals surface area contributed by atoms with Gasteiger partial charge in [-0.1, -0.05) is 40.0 Å². The maximum Gasteiger partial charge on any atom is 0.306 e. The number of aromatic nitrogens is 1. The number of nitrogens with zero attached hydrogens (tertiary/aromatic N) is 1. The van der Waals surface area contributed by atoms with Crippen molar-refractivity contribution in [1.29, 1.82) is 0 Å². The molecular formula is C21H32N2O3S. The zero-order valence-electron chi connectivity index (χ0n) is 16.7. The highest BCUT2D eigenvalue weighted by atomic mass is 32.2. The highest BCUT2D eigenvalue weighted by Gasteiger charge is 2.40. The summed E-state index contributed by atoms with van der Waals surface area (Å²) in [6.45, 7) is 6.90. The highest BCUT2D eigenvalue weighted by Crippen LogP contribution is 2.41. The Morgan fingerprint density at radius 2 is 2.15 bits per heavy atom. The number of hydrogen-bond acceptors (Lipinski definition) is 6. The van der Waals surface area contributed by atoms with Gasteiger partial charge in [-0.2, -0.15) is 0 Å². The van der Waals surface area contributed by atoms with E-state index in [-0.39, 0.29) is 17.7 Å². The van der Waals surface area contributed by atoms with Crippen LogP contribution in [0.2, 0.25) is 0 Å². The van der Waals surface area contributed by atoms with Crippen LogP contribution in [0.25, 0.3) is 0 Å². The molecule has 2 N–H and O–H groups in total. The average molecular weight is 393 g/mol. The van der Waals surface area contributed by atoms with Crippen molar-refractivity contribution in [2.24, 2.45) is 17.8 Å². The van der Waals surface area contributed by atoms with Gasteiger partial charge in [0.1, 0.15) is 0 Å². The van der Waals surface area contributed by atoms with Gasteiger partial charge in [0.05, 0.1) is 23.6 Å². The smallest absolute Gasteiger partial charge is 0.306 e. The van der Waals surface area contributed by atoms with Crippen LogP contribution < -0.4 is 5.73 Å². The summed E-state index contributed by atoms with van der Waals surface area (Å²) in [6.07, 6.45) is 7.35. The first-order valence-electron chi connectivity index (χ1n) is 10.0. The third kappa shape index (κ3) is 6.83. The van der Waals surface area contributed by atoms with Crippen LogP contribution in [0.1, 0.15) is 69.7 Å². The molecule has 0 aliphatic heterocycles. The molecule has 0 bridgehead atoms. The van der Waals surface area contributed by atoms with Gasteiger partial charge in [-0.05, 0) is 30.7 Å². The van der Waals surface area contributed by atoms with E-state index in [1.165, 1.54) is 24.6 Å². The summed E-state index contributed by atoms with van der Waals surface area (Å²) in [7, 11) is 0. The van der Waals surface area contributed by atoms with Crippen molar-refractivity contribution in [2.75, 3.05) is 18.1 Å². The van der Waals surface area contributed by atoms with Crippen molar-refractivity contribution < 1.29 is 14.3 Å². The van der Waals surface area contributed by atoms with E-state index in [4.69, 9.17) is 10.5 Å². The molecule has 0 aromatic carbocycles. The van der Waals surface area contributed by atoms with E-state index in [1.807, 2.05) is 0 Å². The predicted molar refractivity (Wildman–Crippen MR) is 110 cm³/mol. The van der Waals surface area contributed by atoms with Gasteiger partial charge in [0, 0.05) is 23.6 Å². The fourth-order valence-electron chi connectivity index (χ4n) is 3.04. The number of thioether (sulfide) groups is 1. The number of unbranched alkanes of at least 4 members (excludes halogenated alkanes) is 1. The molecule has 3 atom stereocenters. The van der Waals surface area contributed by atoms with E-state index in [0.717, 1.165) is 24.3 Å². The molecule has 0 radical (unpaired) electrons. The van der Waals surface area contributed by atoms with E-state index >= 15 is 0 Å². The molecule has 1 saturated carbocycles. The Kier molecular flexibility index (Phi) is 8.61. The lowest BCUT2D eigenvalue weighted by Gasteiger charge is -2.14. The number of carbonyl (C=O) groups is 2. The van der Waals surface area contributed by atoms with E-state index in [1.54, 1.807) is 12.3 Å². The minimum atomic E-state index is -0.167. The molecule has 2 rings (SSSR count). The summed E-state index contributed by atoms with van der Waals surface area (Å²) in [5.74, 6) is 1.53. The van der Waals surface area contributed by atoms with E-state index in [9.17, 15) is 9.59 Å². The molecule has 1 heterocycles. The predicted octanol–water partition coefficient (Wildman–Crippen LogP) is 4.74. The maximum atomic E-state index is 12.3. The molecule has 1 aliphatic rings. The summed E-state index contributed by atoms with van der Waals surface area (Å²) in [4.78, 5) is 28.5. The molecule has 150 valence electrons. The lowest BCUT2D eigenvalue weighted by atomic mass is 10.0. The number of hydrogen-bond donors (Lipinski definition) is 1. The summed E-state index contributed by atoms with van der Waals surface area (Å²) < 4.78 is 5.41. The zero-order valence-corrected chi connectivity index (χ0v) is 17.5. The fraction of sp³-hybridized carbons (Fsp3) is 0.667. The van der Waals surface area contributed by atoms with Gasteiger partial charge in [-0.15, -0.1) is 11.8 Å². The van der Waals surface area contributed by atoms with Crippen molar-refractivity contribution in [2.45, 2.75) is 64.3 Å². The van der Waals surface area contributed by atoms with Gasteiger partial charge >= 0.3 is 5.97 Å². The Labute approximate surface area is 166 Å². The first-order chi connectivity index (χ1) is 13.0. The normalized spacial score (nSPS) is 19.5. The molecule has 0 spiro atoms. The standard InChI is InChI=1S/C21H32N2O3S/c1-4-6-7-15(5-2)13-26-20(24)8-9-27-19-11-18(22)17(12-23-19)21(25)16-10-14(16)3/h11-12,14-16H,4-10,13H2,1-3H3,(H2,22,23). The first kappa shape index (κ1) is 21.7. The molecule has 27 heavy (non-hydrogen) atoms. The number of nitrogens with two attached hydrogens (primary N) is 1. The maximum absolute atomic E-state index is 12.3. The first-order valence-corrected chi connectivity index (χ1v) is 11.0. The van der Waals surface area contributed by atoms with Gasteiger partial charge in [0.15, 0.2) is 5.78 Å². The van der Waals surface area contributed by atoms with Crippen LogP contribution in [0, 0.1) is 17.8 Å². The number of rotatable bonds is 12. The Bertz CT molecular complexity index is 650. The number of ether oxygens (including phenoxy) is 1. The second-order valence-electron chi connectivity index (χ2n) is 7.49. The molecular weight excluding hydrogens is 360 g/mol. The van der Waals surface area contributed by atoms with E-state index < -0.39 is 0 Å². The number of esters is 1. The average Bonchev–Trinajstić information content (AvgIpc) is 3.38. The lowest BCUT2D eigenvalue weighted by molar-refractivity contribution is -0.144. The van der Waals surface area contributed by atoms with Crippen molar-refractivity contribution in [1.82, 2.24) is 4.98 Å². The zero-order chi connectivity index (χ0) is 19.8. The molecule has 6 heteroatoms. The van der Waals surface area contributed by atoms with E-state index in [0.29, 0.717) is 41.9 Å². The van der Waals surface area contributed by atoms with Crippen LogP contribution in [-0.4, -0.2) is 29.1 Å². The number of carbonyl (C=O) groups excluding carboxylic acids is 2. The Hall–Kier alpha value is -1.56. The van der Waals surface area contributed by atoms with Crippen molar-refractivity contribution in [3.63, 3.8) is 0 Å². The molecule has 1 fully saturated rings. The number of pyridine rings is 1. The SMILES string of the molecule is CCCCC(CC)COC(=O)CCSc1cc(N)c(C(=O)C2CC2C)cn1. The summed E-state index contributed by atoms with van der Waals surface area (Å²) in [6, 6.07) is 1.73. The van der Waals surface area contributed by atoms with Crippen LogP contribution in [0.4, 0.5) is 5.69 Å². The summed E-state index contributed by atoms with van der Waals surface area (Å²) in [5.41, 5.74) is 7.03. The topological polar surface area (TPSA) is 82.3 Å². The van der Waals surface area contributed by atoms with Crippen molar-refractivity contribution in [3.05, 3.63) is 17.8 Å². The van der Waals surface area contributed by atoms with Crippen LogP contribution in [0.3, 0.4) is 0 Å². The van der Waals surface area contributed by atoms with Gasteiger partial charge in [0.25, 0.3) is 0 Å². The third-order valence-electron chi connectivity index (χ3n) is 5.20. The van der Waals surface area contributed by atoms with Gasteiger partial charge in [0.2, 0.25) is 0 Å². The number of anilines is 1. The Morgan fingerprint density at radius 1 is 1.41 bits per heavy atom. The van der Waals surface area contributed by atoms with Crippen LogP contribution in [0.5, 0.6) is 0 Å². The lowest BCUT2D eigenvalue weighted by Crippen LogP contribution is -2.14. The van der Waals surface area contributed by atoms with Gasteiger partial charge < -0.3 is 10.5 Å². The van der Waals surface area contributed by atoms with Gasteiger partial charge in [-0.25, -0.2) is 4.98 Å². The van der Waals surface area contributed by atoms with Crippen LogP contribution >= 0.6 is 11.8 Å². The summed E-state index contributed by atoms with van der Waals surface area (Å²) in [5, 5.41) is 0.732. The molecule has 5 nitrogen and oxygen atoms in total. The Morgan fingerprint density at radius 3 is 2.74 bits per heavy atom. The molecule has 0 amide bonds. The molecule has 1 aliphatic carbocycles. The molecule has 1 aromatic heterocycles. The second kappa shape index (κ2) is 10.7. The minimum absolute atomic E-state index is 0.0983. The molecule has 1 aromatic rings. The Balaban J connectivity index is 1.72. The van der Waals surface area contributed by atoms with Crippen LogP contribution in [0.15, 0.2) is 17.3 Å². The van der Waals surface area contributed by atoms with Crippen LogP contribution in [-0.2, 0) is 9.53 Å². The fourth-order valence-corrected chi connectivity index (χ4v) is 3.86. The third-order valence-corrected chi connectivity index (χ3v) is 6.13. The monoisotopic (exact) mass is 392 g/mol. The number of Topliss-reactive ketones (excluding diaryl/α,β-unsaturated/α-hetero) is 1. The molecule has 3 unspecified atom stereocenters. The summed E-state index contributed by atoms with van der Waals surface area (Å²) >= 11 is 1.46. The minimum Gasteiger partial charge on any atom is -0.465 e. The van der Waals surface area contributed by atoms with Crippen molar-refractivity contribution in [3.8, 4) is 0 Å². The number of ketones is 1. The second-order valence-corrected chi connectivity index (χ2v) is 8.61. The highest BCUT2D eigenvalue weighted by molar-refractivity contribution is 7.99. The quantitative estimate of drug-likeness (QED) is 0.314.